The van der Waals surface area contributed by atoms with E-state index in [9.17, 15) is 27.8 Å². The Labute approximate surface area is 228 Å². The average molecular weight is 563 g/mol. The van der Waals surface area contributed by atoms with E-state index >= 15 is 0 Å². The summed E-state index contributed by atoms with van der Waals surface area (Å²) in [6.45, 7) is 0.377. The van der Waals surface area contributed by atoms with Gasteiger partial charge in [0.05, 0.1) is 28.7 Å². The summed E-state index contributed by atoms with van der Waals surface area (Å²) in [4.78, 5) is 18.4. The minimum Gasteiger partial charge on any atom is -0.395 e. The maximum atomic E-state index is 13.4. The van der Waals surface area contributed by atoms with Gasteiger partial charge in [0.1, 0.15) is 5.78 Å². The van der Waals surface area contributed by atoms with Gasteiger partial charge in [-0.05, 0) is 67.6 Å². The van der Waals surface area contributed by atoms with E-state index in [0.29, 0.717) is 47.7 Å². The van der Waals surface area contributed by atoms with Crippen molar-refractivity contribution >= 4 is 16.6 Å². The number of benzene rings is 2. The van der Waals surface area contributed by atoms with Crippen molar-refractivity contribution in [2.45, 2.75) is 54.8 Å². The van der Waals surface area contributed by atoms with Gasteiger partial charge in [-0.3, -0.25) is 18.9 Å². The molecule has 11 heteroatoms. The normalized spacial score (nSPS) is 21.6. The van der Waals surface area contributed by atoms with E-state index in [1.54, 1.807) is 40.7 Å². The number of ketones is 1. The summed E-state index contributed by atoms with van der Waals surface area (Å²) in [6.07, 6.45) is -0.897. The summed E-state index contributed by atoms with van der Waals surface area (Å²) in [5.41, 5.74) is 1.83. The summed E-state index contributed by atoms with van der Waals surface area (Å²) in [5, 5.41) is 9.58. The van der Waals surface area contributed by atoms with E-state index in [2.05, 4.69) is 14.5 Å². The van der Waals surface area contributed by atoms with Crippen LogP contribution >= 0.6 is 10.8 Å². The fourth-order valence-electron chi connectivity index (χ4n) is 5.44. The number of aromatic nitrogens is 1. The molecular formula is C28H32F2N2O6S. The first-order chi connectivity index (χ1) is 18.6. The van der Waals surface area contributed by atoms with Crippen LogP contribution in [0.4, 0.5) is 8.78 Å². The number of hydrogen-bond acceptors (Lipinski definition) is 8. The standard InChI is InChI=1S/C28H28F2N2O6S.2H2/c29-28(30)37-24-11-8-19(15-25(24)38-28)27(12-13-27)26(34)16-20-3-1-5-23(31-20)18-6-9-22(10-7-18)39(35,36)32-14-2-4-21(32)17-33;;/h1,3,5-11,15,21,33,35-36H,2,4,12-14,16-17H2;2*1H/t21-;;/m1../s1. The van der Waals surface area contributed by atoms with Gasteiger partial charge < -0.3 is 14.6 Å². The number of fused-ring (bicyclic) bond motifs is 1. The Morgan fingerprint density at radius 1 is 1.08 bits per heavy atom. The van der Waals surface area contributed by atoms with Crippen molar-refractivity contribution < 1.29 is 40.1 Å². The van der Waals surface area contributed by atoms with Crippen LogP contribution in [0.3, 0.4) is 0 Å². The van der Waals surface area contributed by atoms with Crippen LogP contribution in [0, 0.1) is 0 Å². The van der Waals surface area contributed by atoms with Crippen LogP contribution in [0.25, 0.3) is 11.3 Å². The zero-order valence-electron chi connectivity index (χ0n) is 20.9. The third-order valence-corrected chi connectivity index (χ3v) is 9.75. The van der Waals surface area contributed by atoms with Crippen molar-refractivity contribution in [3.63, 3.8) is 0 Å². The number of ether oxygens (including phenoxy) is 2. The van der Waals surface area contributed by atoms with Crippen LogP contribution in [0.5, 0.6) is 11.5 Å². The molecule has 1 aromatic heterocycles. The van der Waals surface area contributed by atoms with Crippen molar-refractivity contribution in [1.29, 1.82) is 0 Å². The Kier molecular flexibility index (Phi) is 6.39. The highest BCUT2D eigenvalue weighted by Gasteiger charge is 2.52. The largest absolute Gasteiger partial charge is 0.586 e. The fourth-order valence-corrected chi connectivity index (χ4v) is 7.19. The number of aliphatic hydroxyl groups is 1. The topological polar surface area (TPSA) is 112 Å². The van der Waals surface area contributed by atoms with Crippen LogP contribution < -0.4 is 9.47 Å². The number of halogens is 2. The van der Waals surface area contributed by atoms with Crippen molar-refractivity contribution in [2.75, 3.05) is 13.2 Å². The zero-order valence-corrected chi connectivity index (χ0v) is 21.7. The quantitative estimate of drug-likeness (QED) is 0.312. The first-order valence-corrected chi connectivity index (χ1v) is 14.3. The first-order valence-electron chi connectivity index (χ1n) is 12.8. The number of nitrogens with zero attached hydrogens (tertiary/aromatic N) is 2. The fraction of sp³-hybridized carbons (Fsp3) is 0.357. The van der Waals surface area contributed by atoms with E-state index in [0.717, 1.165) is 12.0 Å². The summed E-state index contributed by atoms with van der Waals surface area (Å²) < 4.78 is 59.3. The van der Waals surface area contributed by atoms with Gasteiger partial charge in [0, 0.05) is 27.1 Å². The Bertz CT molecular complexity index is 1420. The van der Waals surface area contributed by atoms with Gasteiger partial charge in [-0.1, -0.05) is 24.3 Å². The molecular weight excluding hydrogens is 530 g/mol. The Balaban J connectivity index is 0.00000194. The average Bonchev–Trinajstić information content (AvgIpc) is 3.47. The Hall–Kier alpha value is -3.09. The highest BCUT2D eigenvalue weighted by atomic mass is 32.3. The molecule has 3 aromatic rings. The number of aliphatic hydroxyl groups excluding tert-OH is 1. The molecule has 1 aliphatic carbocycles. The van der Waals surface area contributed by atoms with Crippen molar-refractivity contribution in [1.82, 2.24) is 9.29 Å². The number of carbonyl (C=O) groups excluding carboxylic acids is 1. The molecule has 0 amide bonds. The molecule has 2 aromatic carbocycles. The molecule has 8 nitrogen and oxygen atoms in total. The molecule has 1 saturated heterocycles. The molecule has 1 atom stereocenters. The first kappa shape index (κ1) is 26.1. The smallest absolute Gasteiger partial charge is 0.395 e. The number of pyridine rings is 1. The van der Waals surface area contributed by atoms with E-state index < -0.39 is 22.5 Å². The molecule has 3 aliphatic rings. The van der Waals surface area contributed by atoms with Gasteiger partial charge >= 0.3 is 6.29 Å². The lowest BCUT2D eigenvalue weighted by molar-refractivity contribution is -0.286. The van der Waals surface area contributed by atoms with E-state index in [1.165, 1.54) is 12.1 Å². The van der Waals surface area contributed by atoms with Crippen molar-refractivity contribution in [3.8, 4) is 22.8 Å². The molecule has 3 N–H and O–H groups in total. The van der Waals surface area contributed by atoms with Crippen LogP contribution in [0.2, 0.25) is 0 Å². The maximum Gasteiger partial charge on any atom is 0.586 e. The molecule has 2 aliphatic heterocycles. The third-order valence-electron chi connectivity index (χ3n) is 7.71. The second-order valence-corrected chi connectivity index (χ2v) is 12.2. The number of alkyl halides is 2. The zero-order chi connectivity index (χ0) is 27.4. The van der Waals surface area contributed by atoms with Gasteiger partial charge in [0.25, 0.3) is 0 Å². The second-order valence-electron chi connectivity index (χ2n) is 10.2. The van der Waals surface area contributed by atoms with E-state index in [1.807, 2.05) is 12.1 Å². The molecule has 1 saturated carbocycles. The predicted molar refractivity (Wildman–Crippen MR) is 144 cm³/mol. The SMILES string of the molecule is O=C(Cc1cccc(-c2ccc(S(O)(O)N3CCC[C@@H]3CO)cc2)n1)C1(c2ccc3c(c2)OC(F)(F)O3)CC1.[HH].[HH]. The van der Waals surface area contributed by atoms with Gasteiger partial charge in [-0.15, -0.1) is 19.6 Å². The van der Waals surface area contributed by atoms with Gasteiger partial charge in [-0.25, -0.2) is 0 Å². The lowest BCUT2D eigenvalue weighted by Gasteiger charge is -2.43. The Morgan fingerprint density at radius 2 is 1.82 bits per heavy atom. The van der Waals surface area contributed by atoms with Gasteiger partial charge in [0.15, 0.2) is 11.5 Å². The summed E-state index contributed by atoms with van der Waals surface area (Å²) in [5.74, 6) is -0.179. The highest BCUT2D eigenvalue weighted by Crippen LogP contribution is 2.55. The summed E-state index contributed by atoms with van der Waals surface area (Å²) in [6, 6.07) is 16.4. The maximum absolute atomic E-state index is 13.4. The van der Waals surface area contributed by atoms with E-state index in [-0.39, 0.29) is 39.2 Å². The molecule has 0 bridgehead atoms. The summed E-state index contributed by atoms with van der Waals surface area (Å²) in [7, 11) is -3.22. The minimum absolute atomic E-state index is 0. The Morgan fingerprint density at radius 3 is 2.54 bits per heavy atom. The lowest BCUT2D eigenvalue weighted by Crippen LogP contribution is -2.34. The monoisotopic (exact) mass is 562 g/mol. The molecule has 3 heterocycles. The van der Waals surface area contributed by atoms with Crippen LogP contribution in [-0.4, -0.2) is 54.8 Å². The highest BCUT2D eigenvalue weighted by molar-refractivity contribution is 8.22. The molecule has 0 spiro atoms. The summed E-state index contributed by atoms with van der Waals surface area (Å²) >= 11 is 0. The molecule has 2 fully saturated rings. The molecule has 6 rings (SSSR count). The molecule has 0 unspecified atom stereocenters. The minimum atomic E-state index is -3.71. The number of rotatable bonds is 8. The number of hydrogen-bond donors (Lipinski definition) is 3. The third kappa shape index (κ3) is 4.78. The van der Waals surface area contributed by atoms with Crippen molar-refractivity contribution in [2.24, 2.45) is 0 Å². The van der Waals surface area contributed by atoms with Crippen molar-refractivity contribution in [3.05, 3.63) is 71.9 Å². The molecule has 210 valence electrons. The van der Waals surface area contributed by atoms with Crippen LogP contribution in [0.15, 0.2) is 65.6 Å². The number of carbonyl (C=O) groups is 1. The van der Waals surface area contributed by atoms with Gasteiger partial charge in [-0.2, -0.15) is 4.31 Å². The van der Waals surface area contributed by atoms with E-state index in [4.69, 9.17) is 0 Å². The van der Waals surface area contributed by atoms with Crippen LogP contribution in [-0.2, 0) is 16.6 Å². The number of Topliss-reactive ketones (excluding diaryl/α,β-unsaturated/α-hetero) is 1. The molecule has 0 radical (unpaired) electrons. The lowest BCUT2D eigenvalue weighted by atomic mass is 9.88. The molecule has 39 heavy (non-hydrogen) atoms. The van der Waals surface area contributed by atoms with Crippen LogP contribution in [0.1, 0.15) is 39.8 Å². The van der Waals surface area contributed by atoms with Gasteiger partial charge in [0.2, 0.25) is 0 Å². The predicted octanol–water partition coefficient (Wildman–Crippen LogP) is 5.89. The second kappa shape index (κ2) is 9.53.